The third-order valence-corrected chi connectivity index (χ3v) is 4.30. The lowest BCUT2D eigenvalue weighted by atomic mass is 9.86. The minimum atomic E-state index is 0.158. The summed E-state index contributed by atoms with van der Waals surface area (Å²) in [5.41, 5.74) is 2.12. The molecule has 0 bridgehead atoms. The normalized spacial score (nSPS) is 25.4. The fourth-order valence-electron chi connectivity index (χ4n) is 3.14. The summed E-state index contributed by atoms with van der Waals surface area (Å²) in [5.74, 6) is 0. The van der Waals surface area contributed by atoms with Crippen LogP contribution in [0, 0.1) is 0 Å². The molecule has 2 aromatic rings. The standard InChI is InChI=1S/C15H17N3O/c1-4-9-15(10-5-1)14(19-15)8-11-18-13-7-3-2-6-12(13)16-17-18/h2-3,6-8,11,14H,1,4-5,9-10H2/b11-8+. The molecule has 2 fully saturated rings. The largest absolute Gasteiger partial charge is 0.362 e. The minimum absolute atomic E-state index is 0.158. The molecule has 2 aliphatic rings. The zero-order valence-electron chi connectivity index (χ0n) is 10.8. The Kier molecular flexibility index (Phi) is 2.45. The number of para-hydroxylation sites is 1. The maximum atomic E-state index is 5.91. The molecule has 1 aliphatic carbocycles. The highest BCUT2D eigenvalue weighted by Gasteiger charge is 2.54. The van der Waals surface area contributed by atoms with Gasteiger partial charge in [0.15, 0.2) is 0 Å². The van der Waals surface area contributed by atoms with Gasteiger partial charge in [-0.05, 0) is 31.1 Å². The van der Waals surface area contributed by atoms with Gasteiger partial charge < -0.3 is 4.74 Å². The van der Waals surface area contributed by atoms with Gasteiger partial charge in [0.2, 0.25) is 0 Å². The molecule has 1 aromatic carbocycles. The van der Waals surface area contributed by atoms with Gasteiger partial charge in [0.1, 0.15) is 11.6 Å². The monoisotopic (exact) mass is 255 g/mol. The molecule has 4 heteroatoms. The van der Waals surface area contributed by atoms with Crippen LogP contribution >= 0.6 is 0 Å². The highest BCUT2D eigenvalue weighted by Crippen LogP contribution is 2.48. The van der Waals surface area contributed by atoms with Gasteiger partial charge in [-0.2, -0.15) is 0 Å². The summed E-state index contributed by atoms with van der Waals surface area (Å²) < 4.78 is 7.73. The van der Waals surface area contributed by atoms with Gasteiger partial charge in [0.05, 0.1) is 11.1 Å². The molecule has 1 unspecified atom stereocenters. The van der Waals surface area contributed by atoms with Crippen molar-refractivity contribution in [3.05, 3.63) is 30.3 Å². The quantitative estimate of drug-likeness (QED) is 0.775. The van der Waals surface area contributed by atoms with E-state index in [2.05, 4.69) is 16.4 Å². The van der Waals surface area contributed by atoms with Crippen LogP contribution in [-0.4, -0.2) is 26.7 Å². The first-order valence-corrected chi connectivity index (χ1v) is 7.04. The molecule has 1 aliphatic heterocycles. The van der Waals surface area contributed by atoms with E-state index in [0.717, 1.165) is 11.0 Å². The average molecular weight is 255 g/mol. The molecule has 19 heavy (non-hydrogen) atoms. The Bertz CT molecular complexity index is 625. The van der Waals surface area contributed by atoms with Crippen molar-refractivity contribution in [2.45, 2.75) is 43.8 Å². The van der Waals surface area contributed by atoms with Crippen molar-refractivity contribution in [2.24, 2.45) is 0 Å². The lowest BCUT2D eigenvalue weighted by Crippen LogP contribution is -2.18. The van der Waals surface area contributed by atoms with Gasteiger partial charge in [-0.15, -0.1) is 5.10 Å². The van der Waals surface area contributed by atoms with E-state index in [1.807, 2.05) is 35.1 Å². The Morgan fingerprint density at radius 3 is 2.95 bits per heavy atom. The summed E-state index contributed by atoms with van der Waals surface area (Å²) in [4.78, 5) is 0. The fraction of sp³-hybridized carbons (Fsp3) is 0.467. The molecule has 4 rings (SSSR count). The predicted octanol–water partition coefficient (Wildman–Crippen LogP) is 3.00. The Morgan fingerprint density at radius 2 is 2.05 bits per heavy atom. The summed E-state index contributed by atoms with van der Waals surface area (Å²) >= 11 is 0. The van der Waals surface area contributed by atoms with Crippen LogP contribution in [0.5, 0.6) is 0 Å². The third kappa shape index (κ3) is 1.87. The van der Waals surface area contributed by atoms with E-state index in [-0.39, 0.29) is 11.7 Å². The number of hydrogen-bond donors (Lipinski definition) is 0. The van der Waals surface area contributed by atoms with Gasteiger partial charge >= 0.3 is 0 Å². The molecule has 98 valence electrons. The second kappa shape index (κ2) is 4.17. The summed E-state index contributed by atoms with van der Waals surface area (Å²) in [7, 11) is 0. The van der Waals surface area contributed by atoms with Crippen LogP contribution in [0.2, 0.25) is 0 Å². The van der Waals surface area contributed by atoms with E-state index in [1.165, 1.54) is 32.1 Å². The van der Waals surface area contributed by atoms with E-state index in [4.69, 9.17) is 4.74 Å². The number of ether oxygens (including phenoxy) is 1. The van der Waals surface area contributed by atoms with Gasteiger partial charge in [-0.25, -0.2) is 4.68 Å². The van der Waals surface area contributed by atoms with E-state index in [1.54, 1.807) is 0 Å². The van der Waals surface area contributed by atoms with Crippen molar-refractivity contribution < 1.29 is 4.74 Å². The first-order chi connectivity index (χ1) is 9.37. The van der Waals surface area contributed by atoms with Crippen LogP contribution in [0.15, 0.2) is 30.3 Å². The number of epoxide rings is 1. The lowest BCUT2D eigenvalue weighted by Gasteiger charge is -2.17. The number of nitrogens with zero attached hydrogens (tertiary/aromatic N) is 3. The average Bonchev–Trinajstić information content (AvgIpc) is 2.96. The van der Waals surface area contributed by atoms with Crippen LogP contribution in [0.3, 0.4) is 0 Å². The Morgan fingerprint density at radius 1 is 1.21 bits per heavy atom. The van der Waals surface area contributed by atoms with Crippen LogP contribution < -0.4 is 0 Å². The summed E-state index contributed by atoms with van der Waals surface area (Å²) in [6.07, 6.45) is 10.8. The molecule has 0 amide bonds. The number of aromatic nitrogens is 3. The summed E-state index contributed by atoms with van der Waals surface area (Å²) in [5, 5.41) is 8.29. The molecular weight excluding hydrogens is 238 g/mol. The van der Waals surface area contributed by atoms with E-state index in [0.29, 0.717) is 0 Å². The Labute approximate surface area is 112 Å². The highest BCUT2D eigenvalue weighted by atomic mass is 16.6. The maximum absolute atomic E-state index is 5.91. The topological polar surface area (TPSA) is 43.2 Å². The number of fused-ring (bicyclic) bond motifs is 1. The predicted molar refractivity (Wildman–Crippen MR) is 73.5 cm³/mol. The number of rotatable bonds is 2. The zero-order chi connectivity index (χ0) is 12.7. The maximum Gasteiger partial charge on any atom is 0.113 e. The minimum Gasteiger partial charge on any atom is -0.362 e. The smallest absolute Gasteiger partial charge is 0.113 e. The van der Waals surface area contributed by atoms with Crippen molar-refractivity contribution >= 4 is 17.2 Å². The van der Waals surface area contributed by atoms with Crippen molar-refractivity contribution in [3.8, 4) is 0 Å². The fourth-order valence-corrected chi connectivity index (χ4v) is 3.14. The number of hydrogen-bond acceptors (Lipinski definition) is 3. The van der Waals surface area contributed by atoms with Gasteiger partial charge in [0, 0.05) is 6.20 Å². The van der Waals surface area contributed by atoms with E-state index in [9.17, 15) is 0 Å². The number of benzene rings is 1. The summed E-state index contributed by atoms with van der Waals surface area (Å²) in [6, 6.07) is 7.99. The Hall–Kier alpha value is -1.68. The molecular formula is C15H17N3O. The second-order valence-electron chi connectivity index (χ2n) is 5.53. The molecule has 1 aromatic heterocycles. The van der Waals surface area contributed by atoms with E-state index >= 15 is 0 Å². The molecule has 1 saturated heterocycles. The van der Waals surface area contributed by atoms with Crippen molar-refractivity contribution in [1.82, 2.24) is 15.0 Å². The first kappa shape index (κ1) is 11.2. The molecule has 0 N–H and O–H groups in total. The van der Waals surface area contributed by atoms with Gasteiger partial charge in [-0.1, -0.05) is 36.6 Å². The van der Waals surface area contributed by atoms with Crippen LogP contribution in [0.25, 0.3) is 17.2 Å². The molecule has 1 spiro atoms. The Balaban J connectivity index is 1.54. The highest BCUT2D eigenvalue weighted by molar-refractivity contribution is 5.75. The van der Waals surface area contributed by atoms with Gasteiger partial charge in [0.25, 0.3) is 0 Å². The molecule has 0 radical (unpaired) electrons. The zero-order valence-corrected chi connectivity index (χ0v) is 10.8. The summed E-state index contributed by atoms with van der Waals surface area (Å²) in [6.45, 7) is 0. The lowest BCUT2D eigenvalue weighted by molar-refractivity contribution is 0.235. The van der Waals surface area contributed by atoms with Crippen molar-refractivity contribution in [1.29, 1.82) is 0 Å². The second-order valence-corrected chi connectivity index (χ2v) is 5.53. The van der Waals surface area contributed by atoms with E-state index < -0.39 is 0 Å². The molecule has 1 atom stereocenters. The van der Waals surface area contributed by atoms with Crippen molar-refractivity contribution in [3.63, 3.8) is 0 Å². The SMILES string of the molecule is C(=C\n1nnc2ccccc21)/C1OC12CCCCC2. The van der Waals surface area contributed by atoms with Crippen molar-refractivity contribution in [2.75, 3.05) is 0 Å². The first-order valence-electron chi connectivity index (χ1n) is 7.04. The van der Waals surface area contributed by atoms with Crippen LogP contribution in [0.1, 0.15) is 32.1 Å². The molecule has 2 heterocycles. The third-order valence-electron chi connectivity index (χ3n) is 4.30. The van der Waals surface area contributed by atoms with Gasteiger partial charge in [-0.3, -0.25) is 0 Å². The molecule has 1 saturated carbocycles. The molecule has 4 nitrogen and oxygen atoms in total. The van der Waals surface area contributed by atoms with Crippen LogP contribution in [-0.2, 0) is 4.74 Å². The van der Waals surface area contributed by atoms with Crippen LogP contribution in [0.4, 0.5) is 0 Å².